The first kappa shape index (κ1) is 22.8. The van der Waals surface area contributed by atoms with Crippen molar-refractivity contribution < 1.29 is 27.4 Å². The molecule has 1 unspecified atom stereocenters. The molecular weight excluding hydrogens is 429 g/mol. The van der Waals surface area contributed by atoms with E-state index in [0.29, 0.717) is 22.5 Å². The zero-order valence-electron chi connectivity index (χ0n) is 17.4. The van der Waals surface area contributed by atoms with Crippen LogP contribution in [0.4, 0.5) is 18.0 Å². The number of aromatic nitrogens is 5. The second-order valence-corrected chi connectivity index (χ2v) is 6.39. The molecule has 3 rings (SSSR count). The highest BCUT2D eigenvalue weighted by Gasteiger charge is 2.32. The van der Waals surface area contributed by atoms with E-state index in [0.717, 1.165) is 12.3 Å². The van der Waals surface area contributed by atoms with Crippen molar-refractivity contribution in [2.45, 2.75) is 26.3 Å². The lowest BCUT2D eigenvalue weighted by atomic mass is 10.1. The van der Waals surface area contributed by atoms with Crippen molar-refractivity contribution in [1.29, 1.82) is 0 Å². The summed E-state index contributed by atoms with van der Waals surface area (Å²) in [6.07, 6.45) is -3.81. The number of benzene rings is 1. The van der Waals surface area contributed by atoms with Crippen LogP contribution in [-0.4, -0.2) is 51.0 Å². The minimum Gasteiger partial charge on any atom is -0.435 e. The van der Waals surface area contributed by atoms with Crippen molar-refractivity contribution in [2.24, 2.45) is 4.99 Å². The molecule has 1 aromatic carbocycles. The molecule has 168 valence electrons. The van der Waals surface area contributed by atoms with Crippen LogP contribution in [0.1, 0.15) is 31.5 Å². The summed E-state index contributed by atoms with van der Waals surface area (Å²) in [4.78, 5) is 24.3. The van der Waals surface area contributed by atoms with Gasteiger partial charge in [-0.05, 0) is 26.0 Å². The number of carbonyl (C=O) groups is 1. The number of alkyl halides is 3. The highest BCUT2D eigenvalue weighted by molar-refractivity contribution is 5.86. The van der Waals surface area contributed by atoms with Crippen LogP contribution in [0, 0.1) is 0 Å². The molecule has 2 aromatic heterocycles. The van der Waals surface area contributed by atoms with E-state index in [1.807, 2.05) is 0 Å². The monoisotopic (exact) mass is 448 g/mol. The number of nitrogens with zero attached hydrogens (tertiary/aromatic N) is 6. The number of carbonyl (C=O) groups excluding carboxylic acids is 1. The molecule has 2 heterocycles. The summed E-state index contributed by atoms with van der Waals surface area (Å²) in [6, 6.07) is 7.32. The lowest BCUT2D eigenvalue weighted by Crippen LogP contribution is -2.18. The molecule has 0 aliphatic rings. The van der Waals surface area contributed by atoms with Crippen LogP contribution in [0.2, 0.25) is 0 Å². The molecule has 1 atom stereocenters. The summed E-state index contributed by atoms with van der Waals surface area (Å²) < 4.78 is 48.9. The van der Waals surface area contributed by atoms with E-state index in [9.17, 15) is 18.0 Å². The van der Waals surface area contributed by atoms with Crippen LogP contribution in [-0.2, 0) is 15.7 Å². The van der Waals surface area contributed by atoms with E-state index < -0.39 is 24.3 Å². The maximum Gasteiger partial charge on any atom is 0.510 e. The van der Waals surface area contributed by atoms with Gasteiger partial charge in [0.25, 0.3) is 0 Å². The van der Waals surface area contributed by atoms with Crippen molar-refractivity contribution in [3.05, 3.63) is 47.9 Å². The Hall–Kier alpha value is -3.83. The highest BCUT2D eigenvalue weighted by Crippen LogP contribution is 2.30. The smallest absolute Gasteiger partial charge is 0.435 e. The highest BCUT2D eigenvalue weighted by atomic mass is 19.4. The summed E-state index contributed by atoms with van der Waals surface area (Å²) in [5, 5.41) is 8.65. The lowest BCUT2D eigenvalue weighted by molar-refractivity contribution is -0.141. The molecule has 0 amide bonds. The Labute approximate surface area is 180 Å². The third-order valence-electron chi connectivity index (χ3n) is 4.10. The molecule has 3 aromatic rings. The molecule has 0 radical (unpaired) electrons. The third-order valence-corrected chi connectivity index (χ3v) is 4.10. The average molecular weight is 448 g/mol. The van der Waals surface area contributed by atoms with E-state index in [4.69, 9.17) is 9.47 Å². The molecule has 9 nitrogen and oxygen atoms in total. The van der Waals surface area contributed by atoms with Gasteiger partial charge in [0.1, 0.15) is 17.1 Å². The lowest BCUT2D eigenvalue weighted by Gasteiger charge is -2.11. The van der Waals surface area contributed by atoms with E-state index in [-0.39, 0.29) is 12.4 Å². The van der Waals surface area contributed by atoms with Gasteiger partial charge in [0.05, 0.1) is 12.8 Å². The molecule has 0 bridgehead atoms. The molecule has 0 spiro atoms. The minimum absolute atomic E-state index is 0.0845. The maximum atomic E-state index is 13.0. The van der Waals surface area contributed by atoms with Gasteiger partial charge in [-0.15, -0.1) is 15.0 Å². The average Bonchev–Trinajstić information content (AvgIpc) is 3.18. The zero-order chi connectivity index (χ0) is 23.3. The number of hydrogen-bond acceptors (Lipinski definition) is 8. The van der Waals surface area contributed by atoms with Crippen LogP contribution in [0.15, 0.2) is 41.5 Å². The quantitative estimate of drug-likeness (QED) is 0.412. The molecule has 0 aliphatic carbocycles. The van der Waals surface area contributed by atoms with Gasteiger partial charge >= 0.3 is 12.3 Å². The SMILES string of the molecule is CCOC(=O)OC(C)n1nc(C=NC)c(-c2cccc(-c3nccc(C(F)(F)F)n3)c2)n1. The fraction of sp³-hybridized carbons (Fsp3) is 0.300. The van der Waals surface area contributed by atoms with Crippen LogP contribution in [0.3, 0.4) is 0 Å². The Morgan fingerprint density at radius 2 is 2.00 bits per heavy atom. The summed E-state index contributed by atoms with van der Waals surface area (Å²) >= 11 is 0. The van der Waals surface area contributed by atoms with E-state index in [1.165, 1.54) is 11.0 Å². The predicted octanol–water partition coefficient (Wildman–Crippen LogP) is 4.16. The number of halogens is 3. The first-order chi connectivity index (χ1) is 15.2. The summed E-state index contributed by atoms with van der Waals surface area (Å²) in [7, 11) is 1.55. The Morgan fingerprint density at radius 1 is 1.25 bits per heavy atom. The second-order valence-electron chi connectivity index (χ2n) is 6.39. The van der Waals surface area contributed by atoms with Gasteiger partial charge in [0.2, 0.25) is 6.23 Å². The molecule has 0 fully saturated rings. The topological polar surface area (TPSA) is 104 Å². The van der Waals surface area contributed by atoms with Crippen LogP contribution >= 0.6 is 0 Å². The van der Waals surface area contributed by atoms with Gasteiger partial charge in [0.15, 0.2) is 5.82 Å². The van der Waals surface area contributed by atoms with E-state index in [1.54, 1.807) is 45.2 Å². The molecule has 0 saturated heterocycles. The number of hydrogen-bond donors (Lipinski definition) is 0. The summed E-state index contributed by atoms with van der Waals surface area (Å²) in [5.74, 6) is -0.0845. The Balaban J connectivity index is 1.98. The van der Waals surface area contributed by atoms with Gasteiger partial charge in [-0.25, -0.2) is 14.8 Å². The maximum absolute atomic E-state index is 13.0. The fourth-order valence-electron chi connectivity index (χ4n) is 2.71. The van der Waals surface area contributed by atoms with Gasteiger partial charge in [-0.2, -0.15) is 13.2 Å². The number of rotatable bonds is 6. The Kier molecular flexibility index (Phi) is 6.81. The minimum atomic E-state index is -4.59. The van der Waals surface area contributed by atoms with Crippen molar-refractivity contribution in [1.82, 2.24) is 25.0 Å². The normalized spacial score (nSPS) is 12.7. The second kappa shape index (κ2) is 9.54. The summed E-state index contributed by atoms with van der Waals surface area (Å²) in [6.45, 7) is 3.36. The number of aliphatic imine (C=N–C) groups is 1. The molecule has 0 saturated carbocycles. The number of ether oxygens (including phenoxy) is 2. The van der Waals surface area contributed by atoms with Gasteiger partial charge < -0.3 is 9.47 Å². The fourth-order valence-corrected chi connectivity index (χ4v) is 2.71. The Bertz CT molecular complexity index is 1130. The van der Waals surface area contributed by atoms with Crippen LogP contribution < -0.4 is 0 Å². The van der Waals surface area contributed by atoms with Crippen molar-refractivity contribution in [3.63, 3.8) is 0 Å². The molecular formula is C20H19F3N6O3. The standard InChI is InChI=1S/C20H19F3N6O3/c1-4-31-19(30)32-12(2)29-27-15(11-24-3)17(28-29)13-6-5-7-14(10-13)18-25-9-8-16(26-18)20(21,22)23/h5-12H,4H2,1-3H3. The van der Waals surface area contributed by atoms with Crippen molar-refractivity contribution in [3.8, 4) is 22.6 Å². The third kappa shape index (κ3) is 5.25. The summed E-state index contributed by atoms with van der Waals surface area (Å²) in [5.41, 5.74) is 0.603. The van der Waals surface area contributed by atoms with Gasteiger partial charge in [-0.1, -0.05) is 18.2 Å². The van der Waals surface area contributed by atoms with E-state index in [2.05, 4.69) is 25.2 Å². The van der Waals surface area contributed by atoms with Crippen molar-refractivity contribution in [2.75, 3.05) is 13.7 Å². The predicted molar refractivity (Wildman–Crippen MR) is 108 cm³/mol. The van der Waals surface area contributed by atoms with Gasteiger partial charge in [-0.3, -0.25) is 4.99 Å². The first-order valence-electron chi connectivity index (χ1n) is 9.46. The van der Waals surface area contributed by atoms with Crippen molar-refractivity contribution >= 4 is 12.4 Å². The van der Waals surface area contributed by atoms with Crippen LogP contribution in [0.5, 0.6) is 0 Å². The largest absolute Gasteiger partial charge is 0.510 e. The molecule has 0 aliphatic heterocycles. The zero-order valence-corrected chi connectivity index (χ0v) is 17.4. The molecule has 32 heavy (non-hydrogen) atoms. The van der Waals surface area contributed by atoms with E-state index >= 15 is 0 Å². The Morgan fingerprint density at radius 3 is 2.69 bits per heavy atom. The van der Waals surface area contributed by atoms with Crippen LogP contribution in [0.25, 0.3) is 22.6 Å². The first-order valence-corrected chi connectivity index (χ1v) is 9.46. The van der Waals surface area contributed by atoms with Gasteiger partial charge in [0, 0.05) is 24.4 Å². The molecule has 0 N–H and O–H groups in total. The molecule has 12 heteroatoms.